The van der Waals surface area contributed by atoms with Crippen LogP contribution in [0.15, 0.2) is 35.1 Å². The first-order valence-corrected chi connectivity index (χ1v) is 10.7. The van der Waals surface area contributed by atoms with Gasteiger partial charge in [0.05, 0.1) is 6.42 Å². The molecule has 0 saturated carbocycles. The highest BCUT2D eigenvalue weighted by molar-refractivity contribution is 5.92. The van der Waals surface area contributed by atoms with Gasteiger partial charge in [-0.25, -0.2) is 4.63 Å². The average molecular weight is 435 g/mol. The van der Waals surface area contributed by atoms with Crippen LogP contribution in [0.3, 0.4) is 0 Å². The zero-order chi connectivity index (χ0) is 22.7. The maximum atomic E-state index is 12.8. The Morgan fingerprint density at radius 3 is 2.72 bits per heavy atom. The lowest BCUT2D eigenvalue weighted by atomic mass is 9.92. The molecule has 1 aliphatic rings. The summed E-state index contributed by atoms with van der Waals surface area (Å²) in [7, 11) is 1.58. The summed E-state index contributed by atoms with van der Waals surface area (Å²) in [4.78, 5) is 35.5. The predicted molar refractivity (Wildman–Crippen MR) is 117 cm³/mol. The van der Waals surface area contributed by atoms with Gasteiger partial charge in [-0.3, -0.25) is 19.6 Å². The van der Waals surface area contributed by atoms with E-state index in [1.54, 1.807) is 26.2 Å². The number of amides is 2. The second-order valence-electron chi connectivity index (χ2n) is 8.09. The van der Waals surface area contributed by atoms with Crippen LogP contribution in [0.2, 0.25) is 0 Å². The van der Waals surface area contributed by atoms with Crippen molar-refractivity contribution in [3.63, 3.8) is 0 Å². The number of hydrogen-bond acceptors (Lipinski definition) is 7. The SMILES string of the molecule is CNC(=O)c1ccc(-c2cc(C)nc(C3CCCN(C(=O)Cc4nonc4C)C3)c2)cn1. The van der Waals surface area contributed by atoms with E-state index in [-0.39, 0.29) is 24.2 Å². The number of pyridine rings is 2. The molecule has 4 rings (SSSR count). The van der Waals surface area contributed by atoms with Gasteiger partial charge in [-0.05, 0) is 50.5 Å². The molecule has 3 aromatic heterocycles. The maximum Gasteiger partial charge on any atom is 0.269 e. The van der Waals surface area contributed by atoms with Gasteiger partial charge in [0.1, 0.15) is 17.1 Å². The molecule has 4 heterocycles. The van der Waals surface area contributed by atoms with E-state index < -0.39 is 0 Å². The Kier molecular flexibility index (Phi) is 6.25. The molecule has 1 atom stereocenters. The lowest BCUT2D eigenvalue weighted by Gasteiger charge is -2.32. The molecule has 0 bridgehead atoms. The third-order valence-corrected chi connectivity index (χ3v) is 5.79. The maximum absolute atomic E-state index is 12.8. The van der Waals surface area contributed by atoms with Crippen LogP contribution in [0, 0.1) is 13.8 Å². The van der Waals surface area contributed by atoms with Crippen LogP contribution in [-0.2, 0) is 11.2 Å². The fourth-order valence-corrected chi connectivity index (χ4v) is 4.01. The quantitative estimate of drug-likeness (QED) is 0.656. The van der Waals surface area contributed by atoms with E-state index in [1.807, 2.05) is 24.0 Å². The second kappa shape index (κ2) is 9.25. The van der Waals surface area contributed by atoms with Crippen molar-refractivity contribution >= 4 is 11.8 Å². The highest BCUT2D eigenvalue weighted by Gasteiger charge is 2.27. The van der Waals surface area contributed by atoms with Crippen molar-refractivity contribution in [1.29, 1.82) is 0 Å². The number of carbonyl (C=O) groups is 2. The monoisotopic (exact) mass is 434 g/mol. The topological polar surface area (TPSA) is 114 Å². The fourth-order valence-electron chi connectivity index (χ4n) is 4.01. The third kappa shape index (κ3) is 4.66. The van der Waals surface area contributed by atoms with E-state index in [0.29, 0.717) is 23.6 Å². The van der Waals surface area contributed by atoms with Gasteiger partial charge in [0.15, 0.2) is 0 Å². The minimum atomic E-state index is -0.216. The van der Waals surface area contributed by atoms with E-state index in [9.17, 15) is 9.59 Å². The first-order chi connectivity index (χ1) is 15.4. The highest BCUT2D eigenvalue weighted by atomic mass is 16.6. The minimum Gasteiger partial charge on any atom is -0.354 e. The summed E-state index contributed by atoms with van der Waals surface area (Å²) in [5, 5.41) is 10.2. The molecule has 0 aromatic carbocycles. The zero-order valence-electron chi connectivity index (χ0n) is 18.5. The van der Waals surface area contributed by atoms with E-state index >= 15 is 0 Å². The Morgan fingerprint density at radius 2 is 2.03 bits per heavy atom. The molecule has 0 radical (unpaired) electrons. The molecule has 3 aromatic rings. The Bertz CT molecular complexity index is 1130. The summed E-state index contributed by atoms with van der Waals surface area (Å²) in [6, 6.07) is 7.67. The van der Waals surface area contributed by atoms with Crippen LogP contribution >= 0.6 is 0 Å². The summed E-state index contributed by atoms with van der Waals surface area (Å²) in [5.74, 6) is -0.0388. The number of nitrogens with zero attached hydrogens (tertiary/aromatic N) is 5. The summed E-state index contributed by atoms with van der Waals surface area (Å²) < 4.78 is 4.71. The van der Waals surface area contributed by atoms with Gasteiger partial charge >= 0.3 is 0 Å². The standard InChI is InChI=1S/C23H26N6O3/c1-14-9-18(16-6-7-19(25-12-16)23(31)24-3)10-21(26-14)17-5-4-8-29(13-17)22(30)11-20-15(2)27-32-28-20/h6-7,9-10,12,17H,4-5,8,11,13H2,1-3H3,(H,24,31). The van der Waals surface area contributed by atoms with Crippen molar-refractivity contribution < 1.29 is 14.2 Å². The van der Waals surface area contributed by atoms with Gasteiger partial charge in [-0.2, -0.15) is 0 Å². The van der Waals surface area contributed by atoms with Gasteiger partial charge in [-0.15, -0.1) is 0 Å². The number of rotatable bonds is 5. The number of aryl methyl sites for hydroxylation is 2. The van der Waals surface area contributed by atoms with Crippen molar-refractivity contribution in [2.75, 3.05) is 20.1 Å². The summed E-state index contributed by atoms with van der Waals surface area (Å²) in [5.41, 5.74) is 5.39. The van der Waals surface area contributed by atoms with Crippen molar-refractivity contribution in [3.8, 4) is 11.1 Å². The minimum absolute atomic E-state index is 0.0235. The van der Waals surface area contributed by atoms with E-state index in [2.05, 4.69) is 26.7 Å². The van der Waals surface area contributed by atoms with E-state index in [4.69, 9.17) is 9.61 Å². The number of likely N-dealkylation sites (tertiary alicyclic amines) is 1. The molecule has 32 heavy (non-hydrogen) atoms. The fraction of sp³-hybridized carbons (Fsp3) is 0.391. The Hall–Kier alpha value is -3.62. The molecule has 2 amide bonds. The van der Waals surface area contributed by atoms with Crippen LogP contribution in [-0.4, -0.2) is 57.1 Å². The average Bonchev–Trinajstić information content (AvgIpc) is 3.22. The number of carbonyl (C=O) groups excluding carboxylic acids is 2. The molecule has 9 nitrogen and oxygen atoms in total. The molecule has 1 saturated heterocycles. The molecule has 1 N–H and O–H groups in total. The molecule has 0 spiro atoms. The van der Waals surface area contributed by atoms with Crippen molar-refractivity contribution in [1.82, 2.24) is 30.5 Å². The molecule has 1 fully saturated rings. The Morgan fingerprint density at radius 1 is 1.19 bits per heavy atom. The molecule has 0 aliphatic carbocycles. The zero-order valence-corrected chi connectivity index (χ0v) is 18.5. The predicted octanol–water partition coefficient (Wildman–Crippen LogP) is 2.45. The number of hydrogen-bond donors (Lipinski definition) is 1. The molecular formula is C23H26N6O3. The van der Waals surface area contributed by atoms with Gasteiger partial charge in [0.25, 0.3) is 5.91 Å². The first kappa shape index (κ1) is 21.6. The van der Waals surface area contributed by atoms with Gasteiger partial charge < -0.3 is 10.2 Å². The van der Waals surface area contributed by atoms with E-state index in [0.717, 1.165) is 41.9 Å². The third-order valence-electron chi connectivity index (χ3n) is 5.79. The summed E-state index contributed by atoms with van der Waals surface area (Å²) in [6.45, 7) is 5.09. The van der Waals surface area contributed by atoms with Crippen LogP contribution in [0.4, 0.5) is 0 Å². The number of piperidine rings is 1. The van der Waals surface area contributed by atoms with Gasteiger partial charge in [-0.1, -0.05) is 16.4 Å². The van der Waals surface area contributed by atoms with Crippen LogP contribution in [0.25, 0.3) is 11.1 Å². The highest BCUT2D eigenvalue weighted by Crippen LogP contribution is 2.30. The molecule has 9 heteroatoms. The number of aromatic nitrogens is 4. The normalized spacial score (nSPS) is 16.1. The van der Waals surface area contributed by atoms with Gasteiger partial charge in [0, 0.05) is 49.2 Å². The van der Waals surface area contributed by atoms with Crippen molar-refractivity contribution in [2.24, 2.45) is 0 Å². The smallest absolute Gasteiger partial charge is 0.269 e. The largest absolute Gasteiger partial charge is 0.354 e. The first-order valence-electron chi connectivity index (χ1n) is 10.7. The number of nitrogens with one attached hydrogen (secondary N) is 1. The van der Waals surface area contributed by atoms with Crippen molar-refractivity contribution in [3.05, 3.63) is 58.9 Å². The Balaban J connectivity index is 1.52. The lowest BCUT2D eigenvalue weighted by Crippen LogP contribution is -2.40. The van der Waals surface area contributed by atoms with Gasteiger partial charge in [0.2, 0.25) is 5.91 Å². The molecular weight excluding hydrogens is 408 g/mol. The lowest BCUT2D eigenvalue weighted by molar-refractivity contribution is -0.131. The second-order valence-corrected chi connectivity index (χ2v) is 8.09. The molecule has 1 unspecified atom stereocenters. The molecule has 166 valence electrons. The van der Waals surface area contributed by atoms with Crippen LogP contribution in [0.1, 0.15) is 52.0 Å². The van der Waals surface area contributed by atoms with E-state index in [1.165, 1.54) is 0 Å². The van der Waals surface area contributed by atoms with Crippen molar-refractivity contribution in [2.45, 2.75) is 39.0 Å². The van der Waals surface area contributed by atoms with Crippen LogP contribution in [0.5, 0.6) is 0 Å². The summed E-state index contributed by atoms with van der Waals surface area (Å²) >= 11 is 0. The molecule has 1 aliphatic heterocycles. The summed E-state index contributed by atoms with van der Waals surface area (Å²) in [6.07, 6.45) is 3.78. The van der Waals surface area contributed by atoms with Crippen LogP contribution < -0.4 is 5.32 Å². The Labute approximate surface area is 186 Å².